The second-order valence-corrected chi connectivity index (χ2v) is 4.69. The molecule has 2 aromatic rings. The number of rotatable bonds is 4. The summed E-state index contributed by atoms with van der Waals surface area (Å²) in [5, 5.41) is 13.3. The molecule has 0 amide bonds. The predicted molar refractivity (Wildman–Crippen MR) is 71.5 cm³/mol. The molecule has 3 heteroatoms. The number of phenolic OH excluding ortho intramolecular Hbond substituents is 1. The monoisotopic (exact) mass is 245 g/mol. The summed E-state index contributed by atoms with van der Waals surface area (Å²) in [5.74, 6) is 1.23. The van der Waals surface area contributed by atoms with E-state index in [4.69, 9.17) is 4.42 Å². The maximum atomic E-state index is 9.94. The molecule has 0 saturated carbocycles. The van der Waals surface area contributed by atoms with Crippen LogP contribution >= 0.6 is 0 Å². The molecule has 2 rings (SSSR count). The van der Waals surface area contributed by atoms with E-state index in [9.17, 15) is 5.11 Å². The Hall–Kier alpha value is -1.74. The molecule has 18 heavy (non-hydrogen) atoms. The molecule has 0 aliphatic rings. The van der Waals surface area contributed by atoms with Crippen LogP contribution in [0.25, 0.3) is 0 Å². The van der Waals surface area contributed by atoms with Crippen molar-refractivity contribution in [3.8, 4) is 5.75 Å². The lowest BCUT2D eigenvalue weighted by atomic mass is 10.0. The molecule has 3 nitrogen and oxygen atoms in total. The molecule has 1 aromatic heterocycles. The van der Waals surface area contributed by atoms with E-state index in [2.05, 4.69) is 5.32 Å². The van der Waals surface area contributed by atoms with Gasteiger partial charge in [0.1, 0.15) is 11.5 Å². The normalized spacial score (nSPS) is 14.4. The van der Waals surface area contributed by atoms with Gasteiger partial charge in [0, 0.05) is 11.6 Å². The van der Waals surface area contributed by atoms with Gasteiger partial charge in [-0.1, -0.05) is 12.1 Å². The van der Waals surface area contributed by atoms with E-state index >= 15 is 0 Å². The van der Waals surface area contributed by atoms with Crippen molar-refractivity contribution < 1.29 is 9.52 Å². The van der Waals surface area contributed by atoms with E-state index in [-0.39, 0.29) is 12.1 Å². The van der Waals surface area contributed by atoms with Crippen molar-refractivity contribution in [3.05, 3.63) is 53.5 Å². The first-order valence-corrected chi connectivity index (χ1v) is 6.17. The van der Waals surface area contributed by atoms with Crippen LogP contribution in [0.5, 0.6) is 5.75 Å². The van der Waals surface area contributed by atoms with Crippen molar-refractivity contribution in [2.75, 3.05) is 0 Å². The van der Waals surface area contributed by atoms with Gasteiger partial charge >= 0.3 is 0 Å². The highest BCUT2D eigenvalue weighted by atomic mass is 16.3. The summed E-state index contributed by atoms with van der Waals surface area (Å²) in [6.07, 6.45) is 1.67. The number of hydrogen-bond donors (Lipinski definition) is 2. The fourth-order valence-electron chi connectivity index (χ4n) is 2.10. The fourth-order valence-corrected chi connectivity index (χ4v) is 2.10. The van der Waals surface area contributed by atoms with Crippen molar-refractivity contribution in [2.45, 2.75) is 32.9 Å². The number of nitrogens with one attached hydrogen (secondary N) is 1. The third-order valence-electron chi connectivity index (χ3n) is 3.12. The second-order valence-electron chi connectivity index (χ2n) is 4.69. The van der Waals surface area contributed by atoms with Crippen LogP contribution in [0.4, 0.5) is 0 Å². The van der Waals surface area contributed by atoms with Crippen molar-refractivity contribution >= 4 is 0 Å². The van der Waals surface area contributed by atoms with E-state index in [0.717, 1.165) is 16.9 Å². The maximum absolute atomic E-state index is 9.94. The molecular formula is C15H19NO2. The van der Waals surface area contributed by atoms with Gasteiger partial charge in [0.15, 0.2) is 0 Å². The Balaban J connectivity index is 2.10. The first-order valence-electron chi connectivity index (χ1n) is 6.17. The first kappa shape index (κ1) is 12.7. The van der Waals surface area contributed by atoms with Crippen LogP contribution in [0.2, 0.25) is 0 Å². The van der Waals surface area contributed by atoms with Crippen LogP contribution in [-0.2, 0) is 0 Å². The Kier molecular flexibility index (Phi) is 3.72. The quantitative estimate of drug-likeness (QED) is 0.863. The van der Waals surface area contributed by atoms with Crippen molar-refractivity contribution in [3.63, 3.8) is 0 Å². The lowest BCUT2D eigenvalue weighted by molar-refractivity contribution is 0.392. The third kappa shape index (κ3) is 2.74. The highest BCUT2D eigenvalue weighted by molar-refractivity contribution is 5.37. The molecule has 2 N–H and O–H groups in total. The minimum absolute atomic E-state index is 0.0608. The first-order chi connectivity index (χ1) is 8.58. The molecule has 1 unspecified atom stereocenters. The summed E-state index contributed by atoms with van der Waals surface area (Å²) in [4.78, 5) is 0. The van der Waals surface area contributed by atoms with Crippen LogP contribution in [0, 0.1) is 6.92 Å². The summed E-state index contributed by atoms with van der Waals surface area (Å²) < 4.78 is 5.36. The summed E-state index contributed by atoms with van der Waals surface area (Å²) in [5.41, 5.74) is 1.96. The Bertz CT molecular complexity index is 505. The molecule has 0 fully saturated rings. The van der Waals surface area contributed by atoms with Gasteiger partial charge in [-0.15, -0.1) is 0 Å². The molecule has 96 valence electrons. The fraction of sp³-hybridized carbons (Fsp3) is 0.333. The highest BCUT2D eigenvalue weighted by Gasteiger charge is 2.15. The Labute approximate surface area is 107 Å². The predicted octanol–water partition coefficient (Wildman–Crippen LogP) is 3.71. The number of benzene rings is 1. The average Bonchev–Trinajstić information content (AvgIpc) is 2.81. The third-order valence-corrected chi connectivity index (χ3v) is 3.12. The molecular weight excluding hydrogens is 226 g/mol. The van der Waals surface area contributed by atoms with Gasteiger partial charge in [0.25, 0.3) is 0 Å². The van der Waals surface area contributed by atoms with E-state index in [1.807, 2.05) is 45.0 Å². The van der Waals surface area contributed by atoms with Crippen LogP contribution in [0.3, 0.4) is 0 Å². The molecule has 0 radical (unpaired) electrons. The van der Waals surface area contributed by atoms with Gasteiger partial charge in [-0.3, -0.25) is 0 Å². The number of aryl methyl sites for hydroxylation is 1. The van der Waals surface area contributed by atoms with Crippen LogP contribution in [0.15, 0.2) is 41.0 Å². The number of hydrogen-bond acceptors (Lipinski definition) is 3. The number of phenols is 1. The molecule has 1 heterocycles. The average molecular weight is 245 g/mol. The lowest BCUT2D eigenvalue weighted by Crippen LogP contribution is -2.22. The zero-order valence-corrected chi connectivity index (χ0v) is 11.0. The zero-order chi connectivity index (χ0) is 13.1. The van der Waals surface area contributed by atoms with E-state index in [0.29, 0.717) is 5.75 Å². The second kappa shape index (κ2) is 5.27. The molecule has 2 atom stereocenters. The van der Waals surface area contributed by atoms with Gasteiger partial charge < -0.3 is 14.8 Å². The minimum Gasteiger partial charge on any atom is -0.508 e. The lowest BCUT2D eigenvalue weighted by Gasteiger charge is -2.20. The van der Waals surface area contributed by atoms with Crippen molar-refractivity contribution in [2.24, 2.45) is 0 Å². The smallest absolute Gasteiger partial charge is 0.120 e. The Morgan fingerprint density at radius 2 is 1.94 bits per heavy atom. The highest BCUT2D eigenvalue weighted by Crippen LogP contribution is 2.27. The van der Waals surface area contributed by atoms with E-state index < -0.39 is 0 Å². The van der Waals surface area contributed by atoms with Gasteiger partial charge in [0.05, 0.1) is 12.3 Å². The van der Waals surface area contributed by atoms with Crippen LogP contribution in [-0.4, -0.2) is 5.11 Å². The summed E-state index contributed by atoms with van der Waals surface area (Å²) in [6.45, 7) is 6.04. The molecule has 0 bridgehead atoms. The topological polar surface area (TPSA) is 45.4 Å². The van der Waals surface area contributed by atoms with Crippen LogP contribution < -0.4 is 5.32 Å². The maximum Gasteiger partial charge on any atom is 0.120 e. The number of aromatic hydroxyl groups is 1. The Morgan fingerprint density at radius 1 is 1.17 bits per heavy atom. The SMILES string of the molecule is Cc1ccc(C(C)N[C@@H](C)c2ccco2)c(O)c1. The molecule has 0 spiro atoms. The van der Waals surface area contributed by atoms with E-state index in [1.54, 1.807) is 12.3 Å². The summed E-state index contributed by atoms with van der Waals surface area (Å²) in [7, 11) is 0. The largest absolute Gasteiger partial charge is 0.508 e. The van der Waals surface area contributed by atoms with Gasteiger partial charge in [0.2, 0.25) is 0 Å². The Morgan fingerprint density at radius 3 is 2.56 bits per heavy atom. The zero-order valence-electron chi connectivity index (χ0n) is 11.0. The molecule has 1 aromatic carbocycles. The molecule has 0 aliphatic heterocycles. The summed E-state index contributed by atoms with van der Waals surface area (Å²) in [6, 6.07) is 9.73. The van der Waals surface area contributed by atoms with E-state index in [1.165, 1.54) is 0 Å². The molecule has 0 saturated heterocycles. The summed E-state index contributed by atoms with van der Waals surface area (Å²) >= 11 is 0. The van der Waals surface area contributed by atoms with Gasteiger partial charge in [-0.05, 0) is 44.5 Å². The number of furan rings is 1. The standard InChI is InChI=1S/C15H19NO2/c1-10-6-7-13(14(17)9-10)11(2)16-12(3)15-5-4-8-18-15/h4-9,11-12,16-17H,1-3H3/t11?,12-/m0/s1. The van der Waals surface area contributed by atoms with Crippen molar-refractivity contribution in [1.82, 2.24) is 5.32 Å². The van der Waals surface area contributed by atoms with Crippen molar-refractivity contribution in [1.29, 1.82) is 0 Å². The molecule has 0 aliphatic carbocycles. The minimum atomic E-state index is 0.0608. The van der Waals surface area contributed by atoms with Gasteiger partial charge in [-0.2, -0.15) is 0 Å². The van der Waals surface area contributed by atoms with Gasteiger partial charge in [-0.25, -0.2) is 0 Å². The van der Waals surface area contributed by atoms with Crippen LogP contribution in [0.1, 0.15) is 42.8 Å².